The van der Waals surface area contributed by atoms with E-state index in [-0.39, 0.29) is 25.1 Å². The van der Waals surface area contributed by atoms with Gasteiger partial charge in [-0.1, -0.05) is 0 Å². The Bertz CT molecular complexity index is 490. The molecule has 20 heavy (non-hydrogen) atoms. The molecule has 0 aliphatic heterocycles. The van der Waals surface area contributed by atoms with Crippen LogP contribution in [0.4, 0.5) is 13.2 Å². The molecule has 0 saturated carbocycles. The van der Waals surface area contributed by atoms with Crippen LogP contribution in [0.1, 0.15) is 23.7 Å². The van der Waals surface area contributed by atoms with Crippen molar-refractivity contribution in [2.24, 2.45) is 5.73 Å². The Morgan fingerprint density at radius 2 is 2.05 bits per heavy atom. The molecule has 0 atom stereocenters. The molecule has 0 saturated heterocycles. The largest absolute Gasteiger partial charge is 0.574 e. The number of aromatic nitrogens is 1. The maximum Gasteiger partial charge on any atom is 0.574 e. The van der Waals surface area contributed by atoms with Crippen molar-refractivity contribution < 1.29 is 27.4 Å². The van der Waals surface area contributed by atoms with Gasteiger partial charge in [0.2, 0.25) is 5.88 Å². The molecule has 5 nitrogen and oxygen atoms in total. The molecule has 0 aliphatic carbocycles. The van der Waals surface area contributed by atoms with Gasteiger partial charge >= 0.3 is 12.3 Å². The van der Waals surface area contributed by atoms with E-state index in [1.807, 2.05) is 0 Å². The lowest BCUT2D eigenvalue weighted by Crippen LogP contribution is -2.21. The lowest BCUT2D eigenvalue weighted by molar-refractivity contribution is -0.276. The SMILES string of the molecule is CCOC(=O)Cc1cc(CN)c(C)nc1OC(F)(F)F. The molecule has 0 spiro atoms. The van der Waals surface area contributed by atoms with E-state index in [1.165, 1.54) is 13.0 Å². The van der Waals surface area contributed by atoms with Crippen LogP contribution in [-0.2, 0) is 22.5 Å². The second kappa shape index (κ2) is 6.56. The van der Waals surface area contributed by atoms with Crippen LogP contribution in [0, 0.1) is 6.92 Å². The molecule has 0 amide bonds. The monoisotopic (exact) mass is 292 g/mol. The van der Waals surface area contributed by atoms with E-state index in [4.69, 9.17) is 10.5 Å². The molecule has 112 valence electrons. The quantitative estimate of drug-likeness (QED) is 0.838. The van der Waals surface area contributed by atoms with Crippen LogP contribution in [0.5, 0.6) is 5.88 Å². The van der Waals surface area contributed by atoms with Crippen molar-refractivity contribution in [1.82, 2.24) is 4.98 Å². The maximum atomic E-state index is 12.3. The fraction of sp³-hybridized carbons (Fsp3) is 0.500. The van der Waals surface area contributed by atoms with Gasteiger partial charge in [-0.05, 0) is 25.5 Å². The van der Waals surface area contributed by atoms with Crippen molar-refractivity contribution >= 4 is 5.97 Å². The first-order valence-electron chi connectivity index (χ1n) is 5.87. The van der Waals surface area contributed by atoms with Crippen molar-refractivity contribution in [3.63, 3.8) is 0 Å². The number of nitrogens with two attached hydrogens (primary N) is 1. The molecule has 1 aromatic rings. The number of rotatable bonds is 5. The number of ether oxygens (including phenoxy) is 2. The van der Waals surface area contributed by atoms with Gasteiger partial charge in [0, 0.05) is 17.8 Å². The van der Waals surface area contributed by atoms with Crippen LogP contribution in [0.3, 0.4) is 0 Å². The summed E-state index contributed by atoms with van der Waals surface area (Å²) in [7, 11) is 0. The second-order valence-electron chi connectivity index (χ2n) is 3.93. The first-order valence-corrected chi connectivity index (χ1v) is 5.87. The number of nitrogens with zero attached hydrogens (tertiary/aromatic N) is 1. The molecule has 1 heterocycles. The highest BCUT2D eigenvalue weighted by atomic mass is 19.4. The molecular weight excluding hydrogens is 277 g/mol. The van der Waals surface area contributed by atoms with E-state index >= 15 is 0 Å². The number of carbonyl (C=O) groups is 1. The third kappa shape index (κ3) is 4.69. The molecule has 1 rings (SSSR count). The molecule has 0 aliphatic rings. The van der Waals surface area contributed by atoms with Gasteiger partial charge in [0.25, 0.3) is 0 Å². The fourth-order valence-corrected chi connectivity index (χ4v) is 1.57. The number of halogens is 3. The highest BCUT2D eigenvalue weighted by Gasteiger charge is 2.33. The molecule has 0 aromatic carbocycles. The Labute approximate surface area is 113 Å². The number of hydrogen-bond acceptors (Lipinski definition) is 5. The minimum absolute atomic E-state index is 0.00757. The predicted molar refractivity (Wildman–Crippen MR) is 63.9 cm³/mol. The number of esters is 1. The van der Waals surface area contributed by atoms with Crippen molar-refractivity contribution in [3.05, 3.63) is 22.9 Å². The zero-order valence-corrected chi connectivity index (χ0v) is 11.1. The second-order valence-corrected chi connectivity index (χ2v) is 3.93. The van der Waals surface area contributed by atoms with E-state index in [0.717, 1.165) is 0 Å². The molecule has 8 heteroatoms. The summed E-state index contributed by atoms with van der Waals surface area (Å²) < 4.78 is 45.5. The van der Waals surface area contributed by atoms with Crippen LogP contribution in [0.2, 0.25) is 0 Å². The van der Waals surface area contributed by atoms with E-state index in [9.17, 15) is 18.0 Å². The van der Waals surface area contributed by atoms with Gasteiger partial charge in [-0.25, -0.2) is 4.98 Å². The Balaban J connectivity index is 3.12. The first-order chi connectivity index (χ1) is 9.26. The first kappa shape index (κ1) is 16.2. The maximum absolute atomic E-state index is 12.3. The van der Waals surface area contributed by atoms with E-state index in [2.05, 4.69) is 9.72 Å². The Morgan fingerprint density at radius 1 is 1.40 bits per heavy atom. The van der Waals surface area contributed by atoms with Gasteiger partial charge < -0.3 is 15.2 Å². The minimum Gasteiger partial charge on any atom is -0.466 e. The number of carbonyl (C=O) groups excluding carboxylic acids is 1. The zero-order valence-electron chi connectivity index (χ0n) is 11.1. The Morgan fingerprint density at radius 3 is 2.55 bits per heavy atom. The van der Waals surface area contributed by atoms with E-state index < -0.39 is 18.2 Å². The number of pyridine rings is 1. The van der Waals surface area contributed by atoms with Crippen molar-refractivity contribution in [2.75, 3.05) is 6.61 Å². The third-order valence-electron chi connectivity index (χ3n) is 2.43. The van der Waals surface area contributed by atoms with E-state index in [0.29, 0.717) is 11.3 Å². The topological polar surface area (TPSA) is 74.4 Å². The smallest absolute Gasteiger partial charge is 0.466 e. The molecule has 0 unspecified atom stereocenters. The highest BCUT2D eigenvalue weighted by molar-refractivity contribution is 5.73. The van der Waals surface area contributed by atoms with Crippen LogP contribution in [0.15, 0.2) is 6.07 Å². The molecule has 0 radical (unpaired) electrons. The summed E-state index contributed by atoms with van der Waals surface area (Å²) in [5.41, 5.74) is 6.32. The summed E-state index contributed by atoms with van der Waals surface area (Å²) in [5, 5.41) is 0. The third-order valence-corrected chi connectivity index (χ3v) is 2.43. The van der Waals surface area contributed by atoms with Gasteiger partial charge in [-0.15, -0.1) is 13.2 Å². The summed E-state index contributed by atoms with van der Waals surface area (Å²) in [6.07, 6.45) is -5.24. The number of aryl methyl sites for hydroxylation is 1. The van der Waals surface area contributed by atoms with E-state index in [1.54, 1.807) is 6.92 Å². The van der Waals surface area contributed by atoms with Gasteiger partial charge in [-0.2, -0.15) is 0 Å². The molecule has 2 N–H and O–H groups in total. The Hall–Kier alpha value is -1.83. The van der Waals surface area contributed by atoms with Crippen molar-refractivity contribution in [1.29, 1.82) is 0 Å². The molecule has 0 fully saturated rings. The molecule has 0 bridgehead atoms. The van der Waals surface area contributed by atoms with Gasteiger partial charge in [0.1, 0.15) is 0 Å². The fourth-order valence-electron chi connectivity index (χ4n) is 1.57. The van der Waals surface area contributed by atoms with Crippen LogP contribution in [-0.4, -0.2) is 23.9 Å². The summed E-state index contributed by atoms with van der Waals surface area (Å²) in [4.78, 5) is 15.1. The average Bonchev–Trinajstić information content (AvgIpc) is 2.30. The lowest BCUT2D eigenvalue weighted by atomic mass is 10.1. The van der Waals surface area contributed by atoms with Crippen molar-refractivity contribution in [2.45, 2.75) is 33.2 Å². The van der Waals surface area contributed by atoms with Crippen LogP contribution < -0.4 is 10.5 Å². The standard InChI is InChI=1S/C12H15F3N2O3/c1-3-19-10(18)5-8-4-9(6-16)7(2)17-11(8)20-12(13,14)15/h4H,3,5-6,16H2,1-2H3. The summed E-state index contributed by atoms with van der Waals surface area (Å²) in [6.45, 7) is 3.35. The van der Waals surface area contributed by atoms with Gasteiger partial charge in [0.15, 0.2) is 0 Å². The molecular formula is C12H15F3N2O3. The zero-order chi connectivity index (χ0) is 15.3. The van der Waals surface area contributed by atoms with Crippen LogP contribution in [0.25, 0.3) is 0 Å². The summed E-state index contributed by atoms with van der Waals surface area (Å²) in [6, 6.07) is 1.38. The lowest BCUT2D eigenvalue weighted by Gasteiger charge is -2.14. The summed E-state index contributed by atoms with van der Waals surface area (Å²) >= 11 is 0. The highest BCUT2D eigenvalue weighted by Crippen LogP contribution is 2.27. The minimum atomic E-state index is -4.88. The predicted octanol–water partition coefficient (Wildman–Crippen LogP) is 1.85. The number of alkyl halides is 3. The Kier molecular flexibility index (Phi) is 5.32. The van der Waals surface area contributed by atoms with Gasteiger partial charge in [-0.3, -0.25) is 4.79 Å². The number of hydrogen-bond donors (Lipinski definition) is 1. The van der Waals surface area contributed by atoms with Crippen LogP contribution >= 0.6 is 0 Å². The van der Waals surface area contributed by atoms with Crippen molar-refractivity contribution in [3.8, 4) is 5.88 Å². The summed E-state index contributed by atoms with van der Waals surface area (Å²) in [5.74, 6) is -1.31. The average molecular weight is 292 g/mol. The normalized spacial score (nSPS) is 11.3. The van der Waals surface area contributed by atoms with Gasteiger partial charge in [0.05, 0.1) is 13.0 Å². The molecule has 1 aromatic heterocycles.